The fourth-order valence-corrected chi connectivity index (χ4v) is 2.91. The molecule has 0 spiro atoms. The van der Waals surface area contributed by atoms with Gasteiger partial charge in [-0.05, 0) is 48.4 Å². The van der Waals surface area contributed by atoms with E-state index >= 15 is 0 Å². The van der Waals surface area contributed by atoms with E-state index in [-0.39, 0.29) is 11.5 Å². The molecule has 0 saturated carbocycles. The molecule has 0 saturated heterocycles. The largest absolute Gasteiger partial charge is 0.494 e. The van der Waals surface area contributed by atoms with Crippen molar-refractivity contribution in [3.63, 3.8) is 0 Å². The highest BCUT2D eigenvalue weighted by atomic mass is 16.6. The molecule has 4 aromatic rings. The van der Waals surface area contributed by atoms with Crippen LogP contribution in [0.15, 0.2) is 70.2 Å². The molecule has 0 aliphatic carbocycles. The van der Waals surface area contributed by atoms with Gasteiger partial charge >= 0.3 is 0 Å². The van der Waals surface area contributed by atoms with Gasteiger partial charge in [0.15, 0.2) is 11.4 Å². The molecule has 0 fully saturated rings. The third kappa shape index (κ3) is 4.35. The molecule has 0 unspecified atom stereocenters. The van der Waals surface area contributed by atoms with Crippen LogP contribution < -0.4 is 15.5 Å². The minimum atomic E-state index is -0.714. The lowest BCUT2D eigenvalue weighted by molar-refractivity contribution is 0.101. The third-order valence-electron chi connectivity index (χ3n) is 4.48. The average molecular weight is 417 g/mol. The van der Waals surface area contributed by atoms with E-state index in [9.17, 15) is 9.59 Å². The second-order valence-corrected chi connectivity index (χ2v) is 6.68. The molecule has 1 amide bonds. The molecule has 9 heteroatoms. The number of carbonyl (C=O) groups excluding carboxylic acids is 1. The number of amides is 1. The molecule has 9 nitrogen and oxygen atoms in total. The van der Waals surface area contributed by atoms with Gasteiger partial charge in [-0.1, -0.05) is 29.8 Å². The van der Waals surface area contributed by atoms with Crippen LogP contribution in [0.2, 0.25) is 0 Å². The molecule has 0 aliphatic rings. The Labute approximate surface area is 177 Å². The van der Waals surface area contributed by atoms with Gasteiger partial charge in [-0.25, -0.2) is 9.31 Å². The average Bonchev–Trinajstić information content (AvgIpc) is 3.23. The summed E-state index contributed by atoms with van der Waals surface area (Å²) in [6.07, 6.45) is 1.49. The number of aryl methyl sites for hydroxylation is 1. The molecule has 2 heterocycles. The van der Waals surface area contributed by atoms with Crippen LogP contribution in [-0.2, 0) is 0 Å². The van der Waals surface area contributed by atoms with Crippen LogP contribution in [0.5, 0.6) is 5.75 Å². The smallest absolute Gasteiger partial charge is 0.281 e. The molecule has 0 radical (unpaired) electrons. The van der Waals surface area contributed by atoms with E-state index in [1.54, 1.807) is 24.3 Å². The highest BCUT2D eigenvalue weighted by molar-refractivity contribution is 6.03. The summed E-state index contributed by atoms with van der Waals surface area (Å²) in [6, 6.07) is 15.9. The molecule has 1 N–H and O–H groups in total. The Hall–Kier alpha value is -4.27. The molecule has 2 aromatic heterocycles. The number of hydrogen-bond donors (Lipinski definition) is 1. The Morgan fingerprint density at radius 2 is 1.81 bits per heavy atom. The van der Waals surface area contributed by atoms with E-state index in [1.807, 2.05) is 38.1 Å². The number of anilines is 1. The van der Waals surface area contributed by atoms with E-state index in [2.05, 4.69) is 20.7 Å². The second-order valence-electron chi connectivity index (χ2n) is 6.68. The van der Waals surface area contributed by atoms with E-state index in [0.29, 0.717) is 23.7 Å². The summed E-state index contributed by atoms with van der Waals surface area (Å²) in [7, 11) is 0. The standard InChI is InChI=1S/C22H19N5O4/c1-3-30-17-10-8-16(9-11-17)27-13-12-18(28)20(24-27)22(29)23-21-19(25-31-26-21)15-6-4-14(2)5-7-15/h4-13H,3H2,1-2H3,(H,23,26,29). The number of ether oxygens (including phenoxy) is 1. The van der Waals surface area contributed by atoms with Crippen LogP contribution in [0.1, 0.15) is 23.0 Å². The van der Waals surface area contributed by atoms with Gasteiger partial charge in [0.1, 0.15) is 5.75 Å². The minimum absolute atomic E-state index is 0.103. The molecule has 0 atom stereocenters. The van der Waals surface area contributed by atoms with Crippen molar-refractivity contribution in [3.8, 4) is 22.7 Å². The van der Waals surface area contributed by atoms with Crippen molar-refractivity contribution in [2.75, 3.05) is 11.9 Å². The normalized spacial score (nSPS) is 10.6. The Bertz CT molecular complexity index is 1260. The lowest BCUT2D eigenvalue weighted by Crippen LogP contribution is -2.25. The molecule has 2 aromatic carbocycles. The molecule has 31 heavy (non-hydrogen) atoms. The maximum Gasteiger partial charge on any atom is 0.281 e. The number of nitrogens with one attached hydrogen (secondary N) is 1. The predicted octanol–water partition coefficient (Wildman–Crippen LogP) is 3.24. The summed E-state index contributed by atoms with van der Waals surface area (Å²) < 4.78 is 11.7. The lowest BCUT2D eigenvalue weighted by Gasteiger charge is -2.09. The summed E-state index contributed by atoms with van der Waals surface area (Å²) >= 11 is 0. The maximum atomic E-state index is 12.8. The zero-order valence-electron chi connectivity index (χ0n) is 16.9. The predicted molar refractivity (Wildman–Crippen MR) is 113 cm³/mol. The zero-order valence-corrected chi connectivity index (χ0v) is 16.9. The Morgan fingerprint density at radius 3 is 2.52 bits per heavy atom. The van der Waals surface area contributed by atoms with E-state index in [1.165, 1.54) is 16.9 Å². The van der Waals surface area contributed by atoms with Gasteiger partial charge in [-0.15, -0.1) is 0 Å². The summed E-state index contributed by atoms with van der Waals surface area (Å²) in [5, 5.41) is 14.4. The van der Waals surface area contributed by atoms with Crippen molar-refractivity contribution < 1.29 is 14.2 Å². The van der Waals surface area contributed by atoms with E-state index in [4.69, 9.17) is 9.37 Å². The van der Waals surface area contributed by atoms with Gasteiger partial charge in [-0.2, -0.15) is 5.10 Å². The van der Waals surface area contributed by atoms with Crippen LogP contribution in [0.25, 0.3) is 16.9 Å². The van der Waals surface area contributed by atoms with Crippen molar-refractivity contribution >= 4 is 11.7 Å². The van der Waals surface area contributed by atoms with Crippen LogP contribution in [0.3, 0.4) is 0 Å². The molecule has 156 valence electrons. The fraction of sp³-hybridized carbons (Fsp3) is 0.136. The Morgan fingerprint density at radius 1 is 1.06 bits per heavy atom. The number of aromatic nitrogens is 4. The zero-order chi connectivity index (χ0) is 21.8. The molecular formula is C22H19N5O4. The second kappa shape index (κ2) is 8.62. The quantitative estimate of drug-likeness (QED) is 0.512. The van der Waals surface area contributed by atoms with Crippen LogP contribution in [-0.4, -0.2) is 32.6 Å². The van der Waals surface area contributed by atoms with Crippen LogP contribution in [0.4, 0.5) is 5.82 Å². The number of nitrogens with zero attached hydrogens (tertiary/aromatic N) is 4. The lowest BCUT2D eigenvalue weighted by atomic mass is 10.1. The van der Waals surface area contributed by atoms with Gasteiger partial charge in [0.2, 0.25) is 11.2 Å². The topological polar surface area (TPSA) is 112 Å². The summed E-state index contributed by atoms with van der Waals surface area (Å²) in [5.74, 6) is 0.105. The van der Waals surface area contributed by atoms with E-state index in [0.717, 1.165) is 11.1 Å². The van der Waals surface area contributed by atoms with Crippen molar-refractivity contribution in [1.29, 1.82) is 0 Å². The Kier molecular flexibility index (Phi) is 5.57. The highest BCUT2D eigenvalue weighted by Crippen LogP contribution is 2.24. The summed E-state index contributed by atoms with van der Waals surface area (Å²) in [5.41, 5.74) is 2.02. The first kappa shape index (κ1) is 20.0. The van der Waals surface area contributed by atoms with Gasteiger partial charge in [-0.3, -0.25) is 9.59 Å². The summed E-state index contributed by atoms with van der Waals surface area (Å²) in [4.78, 5) is 25.1. The van der Waals surface area contributed by atoms with Gasteiger partial charge in [0.25, 0.3) is 5.91 Å². The number of hydrogen-bond acceptors (Lipinski definition) is 7. The highest BCUT2D eigenvalue weighted by Gasteiger charge is 2.19. The van der Waals surface area contributed by atoms with Crippen molar-refractivity contribution in [2.24, 2.45) is 0 Å². The third-order valence-corrected chi connectivity index (χ3v) is 4.48. The van der Waals surface area contributed by atoms with Gasteiger partial charge in [0.05, 0.1) is 12.3 Å². The fourth-order valence-electron chi connectivity index (χ4n) is 2.91. The van der Waals surface area contributed by atoms with Crippen molar-refractivity contribution in [1.82, 2.24) is 20.1 Å². The SMILES string of the molecule is CCOc1ccc(-n2ccc(=O)c(C(=O)Nc3nonc3-c3ccc(C)cc3)n2)cc1. The maximum absolute atomic E-state index is 12.8. The molecule has 0 aliphatic heterocycles. The molecular weight excluding hydrogens is 398 g/mol. The monoisotopic (exact) mass is 417 g/mol. The minimum Gasteiger partial charge on any atom is -0.494 e. The summed E-state index contributed by atoms with van der Waals surface area (Å²) in [6.45, 7) is 4.42. The number of benzene rings is 2. The Balaban J connectivity index is 1.60. The first-order valence-electron chi connectivity index (χ1n) is 9.59. The van der Waals surface area contributed by atoms with Crippen LogP contribution >= 0.6 is 0 Å². The van der Waals surface area contributed by atoms with Crippen LogP contribution in [0, 0.1) is 6.92 Å². The van der Waals surface area contributed by atoms with Crippen molar-refractivity contribution in [3.05, 3.63) is 82.3 Å². The molecule has 4 rings (SSSR count). The molecule has 0 bridgehead atoms. The number of rotatable bonds is 6. The van der Waals surface area contributed by atoms with Crippen molar-refractivity contribution in [2.45, 2.75) is 13.8 Å². The first-order chi connectivity index (χ1) is 15.0. The van der Waals surface area contributed by atoms with Gasteiger partial charge < -0.3 is 10.1 Å². The number of carbonyl (C=O) groups is 1. The first-order valence-corrected chi connectivity index (χ1v) is 9.59. The van der Waals surface area contributed by atoms with E-state index < -0.39 is 11.3 Å². The van der Waals surface area contributed by atoms with Gasteiger partial charge in [0, 0.05) is 17.8 Å².